The molecular weight excluding hydrogens is 537 g/mol. The minimum absolute atomic E-state index is 0.169. The minimum Gasteiger partial charge on any atom is -0.507 e. The molecule has 1 saturated heterocycles. The predicted octanol–water partition coefficient (Wildman–Crippen LogP) is 3.11. The number of aromatic nitrogens is 4. The van der Waals surface area contributed by atoms with E-state index < -0.39 is 33.7 Å². The Morgan fingerprint density at radius 1 is 1.15 bits per heavy atom. The lowest BCUT2D eigenvalue weighted by atomic mass is 9.51. The molecule has 202 valence electrons. The monoisotopic (exact) mass is 561 g/mol. The van der Waals surface area contributed by atoms with Gasteiger partial charge >= 0.3 is 11.1 Å². The Morgan fingerprint density at radius 3 is 2.42 bits per heavy atom. The van der Waals surface area contributed by atoms with Gasteiger partial charge in [0, 0.05) is 24.6 Å². The summed E-state index contributed by atoms with van der Waals surface area (Å²) in [6.45, 7) is 6.48. The van der Waals surface area contributed by atoms with Crippen molar-refractivity contribution in [3.05, 3.63) is 78.8 Å². The largest absolute Gasteiger partial charge is 0.507 e. The second-order valence-electron chi connectivity index (χ2n) is 10.4. The summed E-state index contributed by atoms with van der Waals surface area (Å²) < 4.78 is 32.5. The van der Waals surface area contributed by atoms with Crippen molar-refractivity contribution in [1.29, 1.82) is 0 Å². The van der Waals surface area contributed by atoms with Gasteiger partial charge in [0.05, 0.1) is 48.9 Å². The highest BCUT2D eigenvalue weighted by Crippen LogP contribution is 2.40. The number of hydrogen-bond acceptors (Lipinski definition) is 6. The van der Waals surface area contributed by atoms with Gasteiger partial charge in [0.2, 0.25) is 0 Å². The van der Waals surface area contributed by atoms with Crippen LogP contribution in [0.25, 0.3) is 28.1 Å². The van der Waals surface area contributed by atoms with Crippen LogP contribution in [0.2, 0.25) is 5.02 Å². The number of alkyl halides is 1. The molecule has 0 aliphatic carbocycles. The number of rotatable bonds is 5. The van der Waals surface area contributed by atoms with Crippen LogP contribution in [0.3, 0.4) is 0 Å². The van der Waals surface area contributed by atoms with Crippen LogP contribution < -0.4 is 16.4 Å². The molecule has 0 spiro atoms. The number of aromatic hydroxyl groups is 1. The van der Waals surface area contributed by atoms with Crippen molar-refractivity contribution in [3.63, 3.8) is 0 Å². The van der Waals surface area contributed by atoms with E-state index in [-0.39, 0.29) is 52.1 Å². The molecule has 1 fully saturated rings. The van der Waals surface area contributed by atoms with Crippen molar-refractivity contribution in [2.24, 2.45) is 0 Å². The third kappa shape index (κ3) is 3.99. The quantitative estimate of drug-likeness (QED) is 0.287. The van der Waals surface area contributed by atoms with Crippen molar-refractivity contribution in [1.82, 2.24) is 24.4 Å². The Kier molecular flexibility index (Phi) is 6.70. The van der Waals surface area contributed by atoms with Gasteiger partial charge in [-0.25, -0.2) is 13.8 Å². The molecule has 4 aromatic rings. The van der Waals surface area contributed by atoms with Crippen molar-refractivity contribution in [3.8, 4) is 22.7 Å². The van der Waals surface area contributed by atoms with Crippen LogP contribution in [0, 0.1) is 19.7 Å². The van der Waals surface area contributed by atoms with Crippen LogP contribution >= 0.6 is 11.6 Å². The van der Waals surface area contributed by atoms with E-state index >= 15 is 8.78 Å². The Bertz CT molecular complexity index is 1820. The predicted molar refractivity (Wildman–Crippen MR) is 151 cm³/mol. The van der Waals surface area contributed by atoms with Crippen molar-refractivity contribution in [2.45, 2.75) is 44.6 Å². The summed E-state index contributed by atoms with van der Waals surface area (Å²) in [5.74, 6) is -1.43. The fourth-order valence-electron chi connectivity index (χ4n) is 4.95. The number of hydrogen-bond donors (Lipinski definition) is 2. The third-order valence-corrected chi connectivity index (χ3v) is 7.65. The molecule has 13 heteroatoms. The molecule has 8 nitrogen and oxygen atoms in total. The summed E-state index contributed by atoms with van der Waals surface area (Å²) >= 11 is 6.58. The van der Waals surface area contributed by atoms with Crippen LogP contribution in [0.15, 0.2) is 40.1 Å². The molecule has 40 heavy (non-hydrogen) atoms. The molecule has 0 amide bonds. The maximum absolute atomic E-state index is 15.7. The lowest BCUT2D eigenvalue weighted by Gasteiger charge is -2.49. The van der Waals surface area contributed by atoms with Crippen molar-refractivity contribution in [2.75, 3.05) is 13.1 Å². The van der Waals surface area contributed by atoms with Crippen LogP contribution in [0.5, 0.6) is 5.75 Å². The van der Waals surface area contributed by atoms with Gasteiger partial charge in [0.15, 0.2) is 5.65 Å². The van der Waals surface area contributed by atoms with E-state index in [1.165, 1.54) is 12.1 Å². The first kappa shape index (κ1) is 28.0. The van der Waals surface area contributed by atoms with E-state index in [1.807, 2.05) is 13.8 Å². The van der Waals surface area contributed by atoms with Crippen LogP contribution in [-0.2, 0) is 5.34 Å². The molecule has 0 bridgehead atoms. The summed E-state index contributed by atoms with van der Waals surface area (Å²) in [7, 11) is 12.5. The minimum atomic E-state index is -2.49. The molecule has 5 rings (SSSR count). The van der Waals surface area contributed by atoms with Gasteiger partial charge in [-0.15, -0.1) is 0 Å². The van der Waals surface area contributed by atoms with Crippen molar-refractivity contribution >= 4 is 38.5 Å². The van der Waals surface area contributed by atoms with E-state index in [0.29, 0.717) is 21.4 Å². The van der Waals surface area contributed by atoms with E-state index in [9.17, 15) is 14.7 Å². The first-order valence-corrected chi connectivity index (χ1v) is 12.9. The molecule has 0 saturated carbocycles. The average molecular weight is 562 g/mol. The highest BCUT2D eigenvalue weighted by atomic mass is 35.5. The number of benzene rings is 1. The number of fused-ring (bicyclic) bond motifs is 1. The molecule has 3 aromatic heterocycles. The van der Waals surface area contributed by atoms with Gasteiger partial charge in [-0.2, -0.15) is 0 Å². The first-order valence-electron chi connectivity index (χ1n) is 12.5. The highest BCUT2D eigenvalue weighted by molar-refractivity contribution is 6.39. The van der Waals surface area contributed by atoms with Crippen LogP contribution in [-0.4, -0.2) is 58.7 Å². The van der Waals surface area contributed by atoms with Crippen molar-refractivity contribution < 1.29 is 13.9 Å². The fraction of sp³-hybridized carbons (Fsp3) is 0.333. The van der Waals surface area contributed by atoms with Gasteiger partial charge in [0.25, 0.3) is 0 Å². The smallest absolute Gasteiger partial charge is 0.322 e. The molecule has 1 aliphatic rings. The SMILES string of the molecule is [B]C([B])(n1c(=O)c(=O)n(-c2c(C)ccnc2C(C)C)c2nc(-c3c(F)ccc(C)c3O)c(Cl)cc21)C1(F)CNC1. The van der Waals surface area contributed by atoms with Gasteiger partial charge in [-0.3, -0.25) is 19.1 Å². The maximum atomic E-state index is 15.7. The summed E-state index contributed by atoms with van der Waals surface area (Å²) in [6.07, 6.45) is 1.57. The molecule has 4 heterocycles. The highest BCUT2D eigenvalue weighted by Gasteiger charge is 2.51. The zero-order valence-electron chi connectivity index (χ0n) is 22.2. The van der Waals surface area contributed by atoms with E-state index in [0.717, 1.165) is 10.6 Å². The normalized spacial score (nSPS) is 15.0. The fourth-order valence-corrected chi connectivity index (χ4v) is 5.19. The van der Waals surface area contributed by atoms with Crippen LogP contribution in [0.4, 0.5) is 8.78 Å². The Balaban J connectivity index is 2.02. The second kappa shape index (κ2) is 9.55. The third-order valence-electron chi connectivity index (χ3n) is 7.37. The summed E-state index contributed by atoms with van der Waals surface area (Å²) in [5.41, 5.74) is -3.86. The number of halogens is 3. The summed E-state index contributed by atoms with van der Waals surface area (Å²) in [4.78, 5) is 36.5. The van der Waals surface area contributed by atoms with E-state index in [1.54, 1.807) is 26.1 Å². The van der Waals surface area contributed by atoms with Crippen LogP contribution in [0.1, 0.15) is 36.6 Å². The van der Waals surface area contributed by atoms with Gasteiger partial charge in [0.1, 0.15) is 17.2 Å². The summed E-state index contributed by atoms with van der Waals surface area (Å²) in [5, 5.41) is 10.8. The average Bonchev–Trinajstić information content (AvgIpc) is 2.86. The Hall–Kier alpha value is -3.50. The number of aryl methyl sites for hydroxylation is 2. The number of nitrogens with one attached hydrogen (secondary N) is 1. The number of pyridine rings is 2. The molecule has 4 radical (unpaired) electrons. The zero-order chi connectivity index (χ0) is 29.3. The van der Waals surface area contributed by atoms with Gasteiger partial charge in [-0.1, -0.05) is 31.5 Å². The lowest BCUT2D eigenvalue weighted by Crippen LogP contribution is -2.72. The van der Waals surface area contributed by atoms with E-state index in [2.05, 4.69) is 15.3 Å². The zero-order valence-corrected chi connectivity index (χ0v) is 23.0. The second-order valence-corrected chi connectivity index (χ2v) is 10.8. The molecule has 0 unspecified atom stereocenters. The number of phenolic OH excluding ortho intramolecular Hbond substituents is 1. The molecule has 2 N–H and O–H groups in total. The van der Waals surface area contributed by atoms with Gasteiger partial charge < -0.3 is 15.0 Å². The molecule has 1 aliphatic heterocycles. The lowest BCUT2D eigenvalue weighted by molar-refractivity contribution is 0.0435. The Labute approximate surface area is 235 Å². The van der Waals surface area contributed by atoms with E-state index in [4.69, 9.17) is 27.3 Å². The standard InChI is InChI=1S/C27H24B2ClF2N5O3/c1-12(2)19-21(13(3)7-8-34-19)36-23-17(37(25(40)24(36)39)27(28,29)26(32)10-33-11-26)9-15(30)20(35-23)18-16(31)6-5-14(4)22(18)38/h5-9,12,33,38H,10-11H2,1-4H3. The topological polar surface area (TPSA) is 102 Å². The number of nitrogens with zero attached hydrogens (tertiary/aromatic N) is 4. The molecule has 0 atom stereocenters. The number of phenols is 1. The molecular formula is C27H24B2ClF2N5O3. The first-order chi connectivity index (χ1) is 18.7. The maximum Gasteiger partial charge on any atom is 0.322 e. The Morgan fingerprint density at radius 2 is 1.82 bits per heavy atom. The molecule has 1 aromatic carbocycles. The summed E-state index contributed by atoms with van der Waals surface area (Å²) in [6, 6.07) is 5.39. The van der Waals surface area contributed by atoms with Gasteiger partial charge in [-0.05, 0) is 49.1 Å².